The third-order valence-corrected chi connectivity index (χ3v) is 11.5. The van der Waals surface area contributed by atoms with Crippen LogP contribution in [-0.4, -0.2) is 84.8 Å². The van der Waals surface area contributed by atoms with Gasteiger partial charge in [0.15, 0.2) is 5.75 Å². The van der Waals surface area contributed by atoms with Gasteiger partial charge >= 0.3 is 11.8 Å². The number of hydrogen-bond acceptors (Lipinski definition) is 12. The molecule has 2 aliphatic rings. The van der Waals surface area contributed by atoms with Gasteiger partial charge in [-0.3, -0.25) is 18.8 Å². The van der Waals surface area contributed by atoms with Crippen LogP contribution >= 0.6 is 0 Å². The van der Waals surface area contributed by atoms with E-state index in [2.05, 4.69) is 5.32 Å². The Balaban J connectivity index is 1.58. The van der Waals surface area contributed by atoms with Crippen LogP contribution in [0.4, 0.5) is 5.69 Å². The Morgan fingerprint density at radius 2 is 1.68 bits per heavy atom. The van der Waals surface area contributed by atoms with Crippen molar-refractivity contribution < 1.29 is 53.8 Å². The second-order valence-electron chi connectivity index (χ2n) is 15.6. The number of aliphatic hydroxyl groups excluding tert-OH is 2. The van der Waals surface area contributed by atoms with E-state index in [1.165, 1.54) is 40.2 Å². The van der Waals surface area contributed by atoms with Gasteiger partial charge < -0.3 is 44.7 Å². The van der Waals surface area contributed by atoms with E-state index in [9.17, 15) is 34.8 Å². The van der Waals surface area contributed by atoms with Crippen LogP contribution in [-0.2, 0) is 23.8 Å². The lowest BCUT2D eigenvalue weighted by Gasteiger charge is -2.38. The Hall–Kier alpha value is -5.44. The lowest BCUT2D eigenvalue weighted by Crippen LogP contribution is -2.46. The summed E-state index contributed by atoms with van der Waals surface area (Å²) in [5.41, 5.74) is 2.18. The molecule has 9 atom stereocenters. The van der Waals surface area contributed by atoms with E-state index in [1.807, 2.05) is 19.1 Å². The molecule has 4 bridgehead atoms. The van der Waals surface area contributed by atoms with Crippen LogP contribution in [0, 0.1) is 37.5 Å². The summed E-state index contributed by atoms with van der Waals surface area (Å²) in [5, 5.41) is 49.4. The van der Waals surface area contributed by atoms with Crippen LogP contribution in [0.2, 0.25) is 0 Å². The summed E-state index contributed by atoms with van der Waals surface area (Å²) >= 11 is 0. The van der Waals surface area contributed by atoms with Crippen LogP contribution < -0.4 is 10.1 Å². The number of benzene rings is 2. The number of nitrogens with one attached hydrogen (secondary N) is 1. The van der Waals surface area contributed by atoms with Crippen LogP contribution in [0.15, 0.2) is 54.5 Å². The first-order valence-corrected chi connectivity index (χ1v) is 19.0. The molecule has 6 rings (SSSR count). The van der Waals surface area contributed by atoms with Crippen molar-refractivity contribution in [2.75, 3.05) is 12.4 Å². The number of ketones is 1. The molecule has 0 saturated carbocycles. The third-order valence-electron chi connectivity index (χ3n) is 11.5. The molecule has 0 aliphatic carbocycles. The smallest absolute Gasteiger partial charge is 0.312 e. The number of pyridine rings is 1. The quantitative estimate of drug-likeness (QED) is 0.115. The largest absolute Gasteiger partial charge is 0.507 e. The lowest BCUT2D eigenvalue weighted by molar-refractivity contribution is -0.160. The molecule has 14 heteroatoms. The minimum Gasteiger partial charge on any atom is -0.507 e. The molecule has 1 amide bonds. The highest BCUT2D eigenvalue weighted by Crippen LogP contribution is 2.54. The number of methoxy groups -OCH3 is 1. The third kappa shape index (κ3) is 7.10. The van der Waals surface area contributed by atoms with E-state index in [0.29, 0.717) is 5.65 Å². The molecule has 2 aromatic heterocycles. The number of nitrogens with zero attached hydrogens (tertiary/aromatic N) is 2. The zero-order valence-electron chi connectivity index (χ0n) is 33.8. The number of carbonyl (C=O) groups is 3. The first-order chi connectivity index (χ1) is 26.8. The average Bonchev–Trinajstić information content (AvgIpc) is 3.67. The summed E-state index contributed by atoms with van der Waals surface area (Å²) < 4.78 is 25.5. The number of rotatable bonds is 2. The number of esters is 1. The van der Waals surface area contributed by atoms with Gasteiger partial charge in [0.05, 0.1) is 35.5 Å². The first kappa shape index (κ1) is 41.2. The maximum atomic E-state index is 14.6. The van der Waals surface area contributed by atoms with Gasteiger partial charge in [-0.05, 0) is 44.5 Å². The van der Waals surface area contributed by atoms with Crippen molar-refractivity contribution in [1.82, 2.24) is 9.38 Å². The van der Waals surface area contributed by atoms with E-state index in [-0.39, 0.29) is 55.7 Å². The molecule has 57 heavy (non-hydrogen) atoms. The Labute approximate surface area is 330 Å². The van der Waals surface area contributed by atoms with Gasteiger partial charge in [0.25, 0.3) is 11.7 Å². The number of allylic oxidation sites excluding steroid dienone is 2. The second-order valence-corrected chi connectivity index (χ2v) is 15.6. The van der Waals surface area contributed by atoms with Crippen LogP contribution in [0.25, 0.3) is 27.5 Å². The van der Waals surface area contributed by atoms with Gasteiger partial charge in [-0.2, -0.15) is 0 Å². The van der Waals surface area contributed by atoms with E-state index >= 15 is 0 Å². The minimum atomic E-state index is -1.96. The van der Waals surface area contributed by atoms with Crippen LogP contribution in [0.5, 0.6) is 17.2 Å². The zero-order valence-corrected chi connectivity index (χ0v) is 33.8. The molecule has 5 N–H and O–H groups in total. The number of phenols is 2. The number of imidazole rings is 1. The minimum absolute atomic E-state index is 0.0185. The first-order valence-electron chi connectivity index (χ1n) is 19.0. The lowest BCUT2D eigenvalue weighted by atomic mass is 9.78. The Kier molecular flexibility index (Phi) is 11.2. The standard InChI is InChI=1S/C43H51N3O11/c1-19-14-16-46-28(18-19)44-32-29-30-37(50)25(7)40-31(29)41(52)43(9,57-40)55-17-15-27(54-10)22(4)39(56-26(8)47)24(6)36(49)23(5)35(48)20(2)12-11-13-21(3)42(53)45-33(34(32)46)38(30)51/h11-18,20,22-24,27,35-36,39,48-51H,1-10H3,(H,45,53)/t20-,22-,23+,24+,27-,35-,36+,39+,43-/m0/s1. The summed E-state index contributed by atoms with van der Waals surface area (Å²) in [7, 11) is 1.46. The van der Waals surface area contributed by atoms with E-state index < -0.39 is 77.3 Å². The number of aliphatic hydroxyl groups is 2. The maximum Gasteiger partial charge on any atom is 0.312 e. The number of ether oxygens (including phenoxy) is 4. The number of aryl methyl sites for hydroxylation is 1. The fourth-order valence-electron chi connectivity index (χ4n) is 8.03. The van der Waals surface area contributed by atoms with Crippen LogP contribution in [0.1, 0.15) is 70.0 Å². The van der Waals surface area contributed by atoms with Crippen molar-refractivity contribution in [3.05, 3.63) is 71.2 Å². The van der Waals surface area contributed by atoms with Crippen LogP contribution in [0.3, 0.4) is 0 Å². The van der Waals surface area contributed by atoms with Crippen molar-refractivity contribution in [2.45, 2.75) is 92.5 Å². The number of aromatic nitrogens is 2. The number of phenolic OH excluding ortho intramolecular Hbond substituents is 2. The van der Waals surface area contributed by atoms with Crippen molar-refractivity contribution in [3.8, 4) is 17.2 Å². The summed E-state index contributed by atoms with van der Waals surface area (Å²) in [5.74, 6) is -6.96. The number of hydrogen-bond donors (Lipinski definition) is 5. The fraction of sp³-hybridized carbons (Fsp3) is 0.442. The van der Waals surface area contributed by atoms with Crippen molar-refractivity contribution >= 4 is 50.8 Å². The molecule has 14 nitrogen and oxygen atoms in total. The number of fused-ring (bicyclic) bond motifs is 2. The van der Waals surface area contributed by atoms with Crippen molar-refractivity contribution in [2.24, 2.45) is 23.7 Å². The molecule has 2 aromatic carbocycles. The van der Waals surface area contributed by atoms with Gasteiger partial charge in [-0.25, -0.2) is 4.98 Å². The Bertz CT molecular complexity index is 2380. The molecule has 0 unspecified atom stereocenters. The number of aromatic hydroxyl groups is 2. The molecule has 304 valence electrons. The number of carbonyl (C=O) groups excluding carboxylic acids is 3. The molecule has 0 fully saturated rings. The van der Waals surface area contributed by atoms with Gasteiger partial charge in [-0.1, -0.05) is 45.9 Å². The van der Waals surface area contributed by atoms with Crippen molar-refractivity contribution in [1.29, 1.82) is 0 Å². The monoisotopic (exact) mass is 785 g/mol. The van der Waals surface area contributed by atoms with E-state index in [4.69, 9.17) is 23.9 Å². The molecule has 0 spiro atoms. The number of Topliss-reactive ketones (excluding diaryl/α,β-unsaturated/α-hetero) is 1. The molecule has 4 heterocycles. The summed E-state index contributed by atoms with van der Waals surface area (Å²) in [6.45, 7) is 14.7. The summed E-state index contributed by atoms with van der Waals surface area (Å²) in [6, 6.07) is 3.64. The second kappa shape index (κ2) is 15.5. The highest BCUT2D eigenvalue weighted by molar-refractivity contribution is 6.28. The SMILES string of the molecule is CO[C@H]1C=CO[C@@]2(C)Oc3c(C)c(O)c4c(O)c(c5c(nc6cc(C)ccn65)c4c3C2=O)NC(=O)C(C)=CC=C[C@H](C)[C@H](O)[C@@H](C)[C@@H](O)[C@@H](C)[C@H](OC(C)=O)[C@H]1C. The Morgan fingerprint density at radius 3 is 2.35 bits per heavy atom. The zero-order chi connectivity index (χ0) is 41.8. The molecular weight excluding hydrogens is 734 g/mol. The predicted octanol–water partition coefficient (Wildman–Crippen LogP) is 6.16. The van der Waals surface area contributed by atoms with Gasteiger partial charge in [-0.15, -0.1) is 0 Å². The predicted molar refractivity (Wildman–Crippen MR) is 213 cm³/mol. The molecular formula is C43H51N3O11. The highest BCUT2D eigenvalue weighted by Gasteiger charge is 2.50. The van der Waals surface area contributed by atoms with E-state index in [0.717, 1.165) is 5.56 Å². The van der Waals surface area contributed by atoms with Gasteiger partial charge in [0.1, 0.15) is 40.0 Å². The molecule has 2 aliphatic heterocycles. The summed E-state index contributed by atoms with van der Waals surface area (Å²) in [4.78, 5) is 45.6. The molecule has 4 aromatic rings. The average molecular weight is 786 g/mol. The number of anilines is 1. The fourth-order valence-corrected chi connectivity index (χ4v) is 8.03. The maximum absolute atomic E-state index is 14.6. The van der Waals surface area contributed by atoms with Gasteiger partial charge in [0, 0.05) is 67.3 Å². The molecule has 0 saturated heterocycles. The Morgan fingerprint density at radius 1 is 0.982 bits per heavy atom. The summed E-state index contributed by atoms with van der Waals surface area (Å²) in [6.07, 6.45) is 5.62. The topological polar surface area (TPSA) is 198 Å². The van der Waals surface area contributed by atoms with E-state index in [1.54, 1.807) is 63.4 Å². The normalized spacial score (nSPS) is 28.8. The van der Waals surface area contributed by atoms with Gasteiger partial charge in [0.2, 0.25) is 0 Å². The molecule has 0 radical (unpaired) electrons. The van der Waals surface area contributed by atoms with Crippen molar-refractivity contribution in [3.63, 3.8) is 0 Å². The number of amides is 1. The highest BCUT2D eigenvalue weighted by atomic mass is 16.7.